The predicted octanol–water partition coefficient (Wildman–Crippen LogP) is 0.911. The molecule has 1 N–H and O–H groups in total. The van der Waals surface area contributed by atoms with Gasteiger partial charge in [0.2, 0.25) is 0 Å². The number of hydrogen-bond donors (Lipinski definition) is 1. The maximum atomic E-state index is 11.1. The first-order chi connectivity index (χ1) is 6.39. The van der Waals surface area contributed by atoms with Crippen molar-refractivity contribution in [3.05, 3.63) is 29.8 Å². The highest BCUT2D eigenvalue weighted by Gasteiger charge is 2.06. The lowest BCUT2D eigenvalue weighted by Gasteiger charge is -2.07. The monoisotopic (exact) mass is 215 g/mol. The Morgan fingerprint density at radius 1 is 1.29 bits per heavy atom. The summed E-state index contributed by atoms with van der Waals surface area (Å²) in [5, 5.41) is 9.99. The van der Waals surface area contributed by atoms with Crippen LogP contribution in [0, 0.1) is 0 Å². The van der Waals surface area contributed by atoms with Crippen LogP contribution in [-0.2, 0) is 16.4 Å². The minimum Gasteiger partial charge on any atom is -0.314 e. The van der Waals surface area contributed by atoms with E-state index < -0.39 is 9.84 Å². The largest absolute Gasteiger partial charge is 0.314 e. The minimum atomic E-state index is -3.12. The second-order valence-corrected chi connectivity index (χ2v) is 5.25. The highest BCUT2D eigenvalue weighted by atomic mass is 32.2. The Bertz CT molecular complexity index is 395. The van der Waals surface area contributed by atoms with Gasteiger partial charge < -0.3 is 5.21 Å². The summed E-state index contributed by atoms with van der Waals surface area (Å²) in [6, 6.07) is 6.44. The standard InChI is InChI=1S/C9H13NO3S/c1-10(11)7-8-3-5-9(6-4-8)14(2,12)13/h3-6,11H,7H2,1-2H3. The molecule has 78 valence electrons. The summed E-state index contributed by atoms with van der Waals surface area (Å²) in [7, 11) is -1.59. The van der Waals surface area contributed by atoms with Crippen LogP contribution in [0.2, 0.25) is 0 Å². The van der Waals surface area contributed by atoms with Crippen LogP contribution in [0.5, 0.6) is 0 Å². The van der Waals surface area contributed by atoms with Gasteiger partial charge in [0.05, 0.1) is 4.90 Å². The van der Waals surface area contributed by atoms with Crippen LogP contribution in [0.25, 0.3) is 0 Å². The summed E-state index contributed by atoms with van der Waals surface area (Å²) in [5.41, 5.74) is 0.863. The SMILES string of the molecule is CN(O)Cc1ccc(S(C)(=O)=O)cc1. The molecule has 0 saturated carbocycles. The van der Waals surface area contributed by atoms with E-state index in [-0.39, 0.29) is 0 Å². The topological polar surface area (TPSA) is 57.6 Å². The number of rotatable bonds is 3. The molecule has 0 aromatic heterocycles. The lowest BCUT2D eigenvalue weighted by Crippen LogP contribution is -2.11. The number of benzene rings is 1. The maximum absolute atomic E-state index is 11.1. The normalized spacial score (nSPS) is 12.0. The highest BCUT2D eigenvalue weighted by molar-refractivity contribution is 7.90. The Morgan fingerprint density at radius 3 is 2.14 bits per heavy atom. The maximum Gasteiger partial charge on any atom is 0.175 e. The molecular formula is C9H13NO3S. The van der Waals surface area contributed by atoms with Gasteiger partial charge in [0.1, 0.15) is 0 Å². The molecule has 1 aromatic rings. The third-order valence-electron chi connectivity index (χ3n) is 1.76. The Balaban J connectivity index is 2.90. The molecule has 0 saturated heterocycles. The highest BCUT2D eigenvalue weighted by Crippen LogP contribution is 2.10. The zero-order valence-corrected chi connectivity index (χ0v) is 8.95. The summed E-state index contributed by atoms with van der Waals surface area (Å²) in [6.45, 7) is 0.379. The van der Waals surface area contributed by atoms with E-state index >= 15 is 0 Å². The molecular weight excluding hydrogens is 202 g/mol. The van der Waals surface area contributed by atoms with Crippen molar-refractivity contribution in [1.82, 2.24) is 5.06 Å². The van der Waals surface area contributed by atoms with Gasteiger partial charge in [0.25, 0.3) is 0 Å². The molecule has 0 bridgehead atoms. The van der Waals surface area contributed by atoms with Crippen LogP contribution in [0.15, 0.2) is 29.2 Å². The first kappa shape index (κ1) is 11.2. The Labute approximate surface area is 83.7 Å². The average Bonchev–Trinajstić information content (AvgIpc) is 2.02. The van der Waals surface area contributed by atoms with E-state index in [1.54, 1.807) is 12.1 Å². The smallest absolute Gasteiger partial charge is 0.175 e. The van der Waals surface area contributed by atoms with E-state index in [9.17, 15) is 8.42 Å². The van der Waals surface area contributed by atoms with Crippen molar-refractivity contribution < 1.29 is 13.6 Å². The second-order valence-electron chi connectivity index (χ2n) is 3.23. The Morgan fingerprint density at radius 2 is 1.79 bits per heavy atom. The van der Waals surface area contributed by atoms with Crippen molar-refractivity contribution in [2.24, 2.45) is 0 Å². The van der Waals surface area contributed by atoms with Gasteiger partial charge in [0.15, 0.2) is 9.84 Å². The third-order valence-corrected chi connectivity index (χ3v) is 2.89. The molecule has 0 aliphatic heterocycles. The van der Waals surface area contributed by atoms with Crippen molar-refractivity contribution in [1.29, 1.82) is 0 Å². The Hall–Kier alpha value is -0.910. The zero-order valence-electron chi connectivity index (χ0n) is 8.14. The Kier molecular flexibility index (Phi) is 3.25. The van der Waals surface area contributed by atoms with Crippen molar-refractivity contribution in [3.8, 4) is 0 Å². The van der Waals surface area contributed by atoms with E-state index in [1.807, 2.05) is 0 Å². The average molecular weight is 215 g/mol. The molecule has 14 heavy (non-hydrogen) atoms. The first-order valence-corrected chi connectivity index (χ1v) is 5.98. The molecule has 5 heteroatoms. The molecule has 0 unspecified atom stereocenters. The summed E-state index contributed by atoms with van der Waals surface area (Å²) >= 11 is 0. The van der Waals surface area contributed by atoms with Crippen molar-refractivity contribution in [2.45, 2.75) is 11.4 Å². The molecule has 0 atom stereocenters. The lowest BCUT2D eigenvalue weighted by atomic mass is 10.2. The van der Waals surface area contributed by atoms with Gasteiger partial charge in [-0.25, -0.2) is 8.42 Å². The minimum absolute atomic E-state index is 0.293. The van der Waals surface area contributed by atoms with Crippen LogP contribution in [0.1, 0.15) is 5.56 Å². The molecule has 0 aliphatic carbocycles. The molecule has 0 heterocycles. The number of hydrogen-bond acceptors (Lipinski definition) is 4. The van der Waals surface area contributed by atoms with Gasteiger partial charge in [-0.2, -0.15) is 5.06 Å². The second kappa shape index (κ2) is 4.08. The van der Waals surface area contributed by atoms with Gasteiger partial charge >= 0.3 is 0 Å². The molecule has 0 radical (unpaired) electrons. The fourth-order valence-corrected chi connectivity index (χ4v) is 1.74. The molecule has 1 aromatic carbocycles. The predicted molar refractivity (Wildman–Crippen MR) is 52.8 cm³/mol. The number of sulfone groups is 1. The molecule has 0 aliphatic rings. The van der Waals surface area contributed by atoms with Crippen LogP contribution in [-0.4, -0.2) is 32.0 Å². The van der Waals surface area contributed by atoms with Gasteiger partial charge in [-0.05, 0) is 17.7 Å². The van der Waals surface area contributed by atoms with Gasteiger partial charge in [-0.3, -0.25) is 0 Å². The van der Waals surface area contributed by atoms with Crippen molar-refractivity contribution >= 4 is 9.84 Å². The molecule has 1 rings (SSSR count). The van der Waals surface area contributed by atoms with Crippen LogP contribution < -0.4 is 0 Å². The number of nitrogens with zero attached hydrogens (tertiary/aromatic N) is 1. The molecule has 0 spiro atoms. The van der Waals surface area contributed by atoms with Crippen LogP contribution in [0.4, 0.5) is 0 Å². The van der Waals surface area contributed by atoms with E-state index in [2.05, 4.69) is 0 Å². The van der Waals surface area contributed by atoms with E-state index in [1.165, 1.54) is 25.4 Å². The first-order valence-electron chi connectivity index (χ1n) is 4.08. The fraction of sp³-hybridized carbons (Fsp3) is 0.333. The zero-order chi connectivity index (χ0) is 10.8. The van der Waals surface area contributed by atoms with Crippen LogP contribution in [0.3, 0.4) is 0 Å². The summed E-state index contributed by atoms with van der Waals surface area (Å²) in [5.74, 6) is 0. The quantitative estimate of drug-likeness (QED) is 0.761. The summed E-state index contributed by atoms with van der Waals surface area (Å²) in [6.07, 6.45) is 1.17. The summed E-state index contributed by atoms with van der Waals surface area (Å²) in [4.78, 5) is 0.293. The fourth-order valence-electron chi connectivity index (χ4n) is 1.11. The van der Waals surface area contributed by atoms with Crippen molar-refractivity contribution in [3.63, 3.8) is 0 Å². The van der Waals surface area contributed by atoms with E-state index in [0.29, 0.717) is 11.4 Å². The molecule has 4 nitrogen and oxygen atoms in total. The van der Waals surface area contributed by atoms with E-state index in [0.717, 1.165) is 10.6 Å². The van der Waals surface area contributed by atoms with Crippen LogP contribution >= 0.6 is 0 Å². The van der Waals surface area contributed by atoms with Gasteiger partial charge in [-0.1, -0.05) is 12.1 Å². The van der Waals surface area contributed by atoms with Gasteiger partial charge in [-0.15, -0.1) is 0 Å². The van der Waals surface area contributed by atoms with Crippen molar-refractivity contribution in [2.75, 3.05) is 13.3 Å². The lowest BCUT2D eigenvalue weighted by molar-refractivity contribution is -0.0731. The molecule has 0 fully saturated rings. The molecule has 0 amide bonds. The summed E-state index contributed by atoms with van der Waals surface area (Å²) < 4.78 is 22.2. The third kappa shape index (κ3) is 3.10. The number of hydroxylamine groups is 2. The van der Waals surface area contributed by atoms with Gasteiger partial charge in [0, 0.05) is 19.8 Å². The van der Waals surface area contributed by atoms with E-state index in [4.69, 9.17) is 5.21 Å².